The van der Waals surface area contributed by atoms with E-state index in [4.69, 9.17) is 9.47 Å². The number of likely N-dealkylation sites (N-methyl/N-ethyl adjacent to an activating group) is 1. The van der Waals surface area contributed by atoms with Gasteiger partial charge < -0.3 is 14.4 Å². The van der Waals surface area contributed by atoms with Crippen LogP contribution in [0.25, 0.3) is 0 Å². The van der Waals surface area contributed by atoms with Crippen molar-refractivity contribution >= 4 is 11.9 Å². The number of hydrogen-bond acceptors (Lipinski definition) is 6. The SMILES string of the molecule is CC(=CC=C(C(=O)OCC(C)(C)C)N(C)C)C(=O)OCCN(C(C)C)C(C)C. The largest absolute Gasteiger partial charge is 0.461 e. The maximum Gasteiger partial charge on any atom is 0.354 e. The molecule has 0 unspecified atom stereocenters. The van der Waals surface area contributed by atoms with Crippen molar-refractivity contribution < 1.29 is 19.1 Å². The van der Waals surface area contributed by atoms with Crippen molar-refractivity contribution in [3.8, 4) is 0 Å². The van der Waals surface area contributed by atoms with Gasteiger partial charge in [0.15, 0.2) is 0 Å². The van der Waals surface area contributed by atoms with Crippen molar-refractivity contribution in [2.75, 3.05) is 33.9 Å². The summed E-state index contributed by atoms with van der Waals surface area (Å²) in [5.74, 6) is -0.799. The summed E-state index contributed by atoms with van der Waals surface area (Å²) in [7, 11) is 3.52. The summed E-state index contributed by atoms with van der Waals surface area (Å²) in [5, 5.41) is 0. The van der Waals surface area contributed by atoms with E-state index in [0.717, 1.165) is 0 Å². The number of carbonyl (C=O) groups excluding carboxylic acids is 2. The summed E-state index contributed by atoms with van der Waals surface area (Å²) in [4.78, 5) is 28.4. The van der Waals surface area contributed by atoms with Crippen LogP contribution in [0.5, 0.6) is 0 Å². The van der Waals surface area contributed by atoms with Crippen LogP contribution < -0.4 is 0 Å². The fraction of sp³-hybridized carbons (Fsp3) is 0.727. The topological polar surface area (TPSA) is 59.1 Å². The molecule has 0 atom stereocenters. The average Bonchev–Trinajstić information content (AvgIpc) is 2.54. The Kier molecular flexibility index (Phi) is 11.1. The Morgan fingerprint density at radius 3 is 1.89 bits per heavy atom. The van der Waals surface area contributed by atoms with Gasteiger partial charge in [0.05, 0.1) is 6.61 Å². The first-order valence-corrected chi connectivity index (χ1v) is 9.92. The molecule has 0 rings (SSSR count). The zero-order valence-corrected chi connectivity index (χ0v) is 19.5. The minimum atomic E-state index is -0.415. The fourth-order valence-electron chi connectivity index (χ4n) is 2.50. The van der Waals surface area contributed by atoms with Crippen molar-refractivity contribution in [2.45, 2.75) is 67.5 Å². The molecule has 0 aromatic heterocycles. The Hall–Kier alpha value is -1.82. The maximum absolute atomic E-state index is 12.3. The van der Waals surface area contributed by atoms with Crippen LogP contribution in [0, 0.1) is 5.41 Å². The van der Waals surface area contributed by atoms with Crippen LogP contribution in [0.15, 0.2) is 23.4 Å². The van der Waals surface area contributed by atoms with E-state index in [1.54, 1.807) is 38.1 Å². The quantitative estimate of drug-likeness (QED) is 0.319. The predicted octanol–water partition coefficient (Wildman–Crippen LogP) is 3.63. The van der Waals surface area contributed by atoms with E-state index in [-0.39, 0.29) is 11.4 Å². The van der Waals surface area contributed by atoms with E-state index >= 15 is 0 Å². The van der Waals surface area contributed by atoms with Gasteiger partial charge >= 0.3 is 11.9 Å². The number of carbonyl (C=O) groups is 2. The van der Waals surface area contributed by atoms with Crippen molar-refractivity contribution in [1.29, 1.82) is 0 Å². The molecule has 162 valence electrons. The van der Waals surface area contributed by atoms with Gasteiger partial charge in [-0.1, -0.05) is 20.8 Å². The predicted molar refractivity (Wildman–Crippen MR) is 114 cm³/mol. The molecule has 0 bridgehead atoms. The number of rotatable bonds is 10. The van der Waals surface area contributed by atoms with Gasteiger partial charge in [0.25, 0.3) is 0 Å². The highest BCUT2D eigenvalue weighted by Gasteiger charge is 2.18. The number of allylic oxidation sites excluding steroid dienone is 2. The molecule has 0 radical (unpaired) electrons. The second-order valence-electron chi connectivity index (χ2n) is 8.99. The molecule has 0 aliphatic rings. The van der Waals surface area contributed by atoms with Gasteiger partial charge in [0, 0.05) is 38.3 Å². The lowest BCUT2D eigenvalue weighted by molar-refractivity contribution is -0.143. The van der Waals surface area contributed by atoms with E-state index < -0.39 is 5.97 Å². The van der Waals surface area contributed by atoms with Gasteiger partial charge in [0.2, 0.25) is 0 Å². The Morgan fingerprint density at radius 2 is 1.46 bits per heavy atom. The van der Waals surface area contributed by atoms with Crippen molar-refractivity contribution in [1.82, 2.24) is 9.80 Å². The third-order valence-corrected chi connectivity index (χ3v) is 4.05. The van der Waals surface area contributed by atoms with Crippen LogP contribution in [0.1, 0.15) is 55.4 Å². The van der Waals surface area contributed by atoms with E-state index in [1.165, 1.54) is 0 Å². The number of ether oxygens (including phenoxy) is 2. The van der Waals surface area contributed by atoms with Crippen LogP contribution in [0.2, 0.25) is 0 Å². The Labute approximate surface area is 171 Å². The smallest absolute Gasteiger partial charge is 0.354 e. The molecule has 28 heavy (non-hydrogen) atoms. The van der Waals surface area contributed by atoms with Crippen LogP contribution >= 0.6 is 0 Å². The lowest BCUT2D eigenvalue weighted by atomic mass is 9.99. The van der Waals surface area contributed by atoms with Crippen molar-refractivity contribution in [3.05, 3.63) is 23.4 Å². The molecule has 0 aliphatic carbocycles. The maximum atomic E-state index is 12.3. The Morgan fingerprint density at radius 1 is 0.929 bits per heavy atom. The normalized spacial score (nSPS) is 13.3. The first kappa shape index (κ1) is 26.2. The molecule has 0 fully saturated rings. The van der Waals surface area contributed by atoms with E-state index in [9.17, 15) is 9.59 Å². The van der Waals surface area contributed by atoms with Gasteiger partial charge in [0.1, 0.15) is 12.3 Å². The highest BCUT2D eigenvalue weighted by molar-refractivity contribution is 5.90. The van der Waals surface area contributed by atoms with Crippen LogP contribution in [-0.4, -0.2) is 67.7 Å². The van der Waals surface area contributed by atoms with Gasteiger partial charge in [-0.25, -0.2) is 9.59 Å². The Balaban J connectivity index is 4.90. The highest BCUT2D eigenvalue weighted by atomic mass is 16.5. The molecule has 0 heterocycles. The second-order valence-corrected chi connectivity index (χ2v) is 8.99. The summed E-state index contributed by atoms with van der Waals surface area (Å²) in [5.41, 5.74) is 0.702. The van der Waals surface area contributed by atoms with E-state index in [0.29, 0.717) is 43.1 Å². The number of esters is 2. The van der Waals surface area contributed by atoms with Crippen LogP contribution in [-0.2, 0) is 19.1 Å². The highest BCUT2D eigenvalue weighted by Crippen LogP contribution is 2.15. The minimum absolute atomic E-state index is 0.109. The zero-order chi connectivity index (χ0) is 22.1. The lowest BCUT2D eigenvalue weighted by Crippen LogP contribution is -2.39. The molecule has 0 aromatic carbocycles. The molecule has 0 aromatic rings. The van der Waals surface area contributed by atoms with Gasteiger partial charge in [-0.2, -0.15) is 0 Å². The first-order chi connectivity index (χ1) is 12.8. The summed E-state index contributed by atoms with van der Waals surface area (Å²) >= 11 is 0. The summed E-state index contributed by atoms with van der Waals surface area (Å²) < 4.78 is 10.7. The minimum Gasteiger partial charge on any atom is -0.461 e. The fourth-order valence-corrected chi connectivity index (χ4v) is 2.50. The standard InChI is InChI=1S/C22H40N2O4/c1-16(2)24(17(3)4)13-14-27-20(25)18(5)11-12-19(23(9)10)21(26)28-15-22(6,7)8/h11-12,16-17H,13-15H2,1-10H3. The lowest BCUT2D eigenvalue weighted by Gasteiger charge is -2.30. The molecular formula is C22H40N2O4. The molecule has 0 saturated heterocycles. The monoisotopic (exact) mass is 396 g/mol. The third-order valence-electron chi connectivity index (χ3n) is 4.05. The molecule has 6 nitrogen and oxygen atoms in total. The molecule has 0 amide bonds. The molecule has 0 saturated carbocycles. The van der Waals surface area contributed by atoms with Gasteiger partial charge in [-0.05, 0) is 52.2 Å². The van der Waals surface area contributed by atoms with Crippen LogP contribution in [0.4, 0.5) is 0 Å². The summed E-state index contributed by atoms with van der Waals surface area (Å²) in [6, 6.07) is 0.778. The zero-order valence-electron chi connectivity index (χ0n) is 19.5. The van der Waals surface area contributed by atoms with Crippen molar-refractivity contribution in [2.24, 2.45) is 5.41 Å². The molecular weight excluding hydrogens is 356 g/mol. The van der Waals surface area contributed by atoms with Crippen molar-refractivity contribution in [3.63, 3.8) is 0 Å². The summed E-state index contributed by atoms with van der Waals surface area (Å²) in [6.07, 6.45) is 3.19. The molecule has 0 N–H and O–H groups in total. The Bertz CT molecular complexity index is 562. The second kappa shape index (κ2) is 11.9. The number of nitrogens with zero attached hydrogens (tertiary/aromatic N) is 2. The third kappa shape index (κ3) is 10.5. The van der Waals surface area contributed by atoms with Crippen LogP contribution in [0.3, 0.4) is 0 Å². The summed E-state index contributed by atoms with van der Waals surface area (Å²) in [6.45, 7) is 17.5. The molecule has 6 heteroatoms. The first-order valence-electron chi connectivity index (χ1n) is 9.92. The van der Waals surface area contributed by atoms with E-state index in [2.05, 4.69) is 32.6 Å². The average molecular weight is 397 g/mol. The van der Waals surface area contributed by atoms with Gasteiger partial charge in [-0.3, -0.25) is 4.90 Å². The molecule has 0 aliphatic heterocycles. The number of hydrogen-bond donors (Lipinski definition) is 0. The van der Waals surface area contributed by atoms with E-state index in [1.807, 2.05) is 20.8 Å². The van der Waals surface area contributed by atoms with Gasteiger partial charge in [-0.15, -0.1) is 0 Å². The molecule has 0 spiro atoms.